The molecule has 1 unspecified atom stereocenters. The summed E-state index contributed by atoms with van der Waals surface area (Å²) >= 11 is 0. The summed E-state index contributed by atoms with van der Waals surface area (Å²) < 4.78 is 26.5. The predicted molar refractivity (Wildman–Crippen MR) is 52.0 cm³/mol. The lowest BCUT2D eigenvalue weighted by Gasteiger charge is -2.11. The van der Waals surface area contributed by atoms with Gasteiger partial charge in [-0.25, -0.2) is 18.6 Å². The van der Waals surface area contributed by atoms with E-state index in [2.05, 4.69) is 0 Å². The van der Waals surface area contributed by atoms with Crippen molar-refractivity contribution in [2.45, 2.75) is 33.3 Å². The van der Waals surface area contributed by atoms with E-state index in [0.29, 0.717) is 6.42 Å². The molecule has 0 aliphatic heterocycles. The molecule has 0 saturated heterocycles. The van der Waals surface area contributed by atoms with Gasteiger partial charge in [-0.3, -0.25) is 0 Å². The molecule has 84 valence electrons. The topological polar surface area (TPSA) is 84.5 Å². The van der Waals surface area contributed by atoms with Gasteiger partial charge in [0.15, 0.2) is 0 Å². The molecule has 6 nitrogen and oxygen atoms in total. The number of nitrogens with one attached hydrogen (secondary N) is 2. The van der Waals surface area contributed by atoms with Gasteiger partial charge in [0.05, 0.1) is 5.75 Å². The van der Waals surface area contributed by atoms with Crippen LogP contribution in [0.1, 0.15) is 27.2 Å². The Kier molecular flexibility index (Phi) is 5.47. The Labute approximate surface area is 84.0 Å². The average Bonchev–Trinajstić information content (AvgIpc) is 2.15. The minimum absolute atomic E-state index is 0.101. The maximum atomic E-state index is 10.9. The first-order valence-electron chi connectivity index (χ1n) is 4.37. The molecule has 2 N–H and O–H groups in total. The first-order valence-corrected chi connectivity index (χ1v) is 6.02. The summed E-state index contributed by atoms with van der Waals surface area (Å²) in [6.45, 7) is 5.03. The lowest BCUT2D eigenvalue weighted by molar-refractivity contribution is 0.103. The minimum atomic E-state index is -3.42. The van der Waals surface area contributed by atoms with Gasteiger partial charge in [0.2, 0.25) is 10.0 Å². The van der Waals surface area contributed by atoms with Crippen molar-refractivity contribution in [3.63, 3.8) is 0 Å². The summed E-state index contributed by atoms with van der Waals surface area (Å²) in [4.78, 5) is 12.8. The van der Waals surface area contributed by atoms with E-state index in [1.807, 2.05) is 17.2 Å². The van der Waals surface area contributed by atoms with Gasteiger partial charge in [-0.15, -0.1) is 4.83 Å². The quantitative estimate of drug-likeness (QED) is 0.660. The fraction of sp³-hybridized carbons (Fsp3) is 0.857. The van der Waals surface area contributed by atoms with E-state index in [1.165, 1.54) is 6.92 Å². The lowest BCUT2D eigenvalue weighted by atomic mass is 10.3. The van der Waals surface area contributed by atoms with E-state index >= 15 is 0 Å². The van der Waals surface area contributed by atoms with Crippen LogP contribution in [0.4, 0.5) is 4.79 Å². The third-order valence-corrected chi connectivity index (χ3v) is 2.74. The van der Waals surface area contributed by atoms with E-state index in [9.17, 15) is 13.2 Å². The van der Waals surface area contributed by atoms with Crippen LogP contribution in [0.5, 0.6) is 0 Å². The van der Waals surface area contributed by atoms with E-state index in [4.69, 9.17) is 4.74 Å². The van der Waals surface area contributed by atoms with Crippen molar-refractivity contribution >= 4 is 16.1 Å². The van der Waals surface area contributed by atoms with E-state index < -0.39 is 16.1 Å². The fourth-order valence-electron chi connectivity index (χ4n) is 0.487. The van der Waals surface area contributed by atoms with Gasteiger partial charge in [-0.1, -0.05) is 6.92 Å². The third kappa shape index (κ3) is 5.76. The molecule has 7 heteroatoms. The van der Waals surface area contributed by atoms with Gasteiger partial charge < -0.3 is 4.74 Å². The number of hydrazine groups is 1. The molecule has 0 heterocycles. The standard InChI is InChI=1S/C7H16N2O4S/c1-4-6(3)13-7(10)8-9-14(11,12)5-2/h6,9H,4-5H2,1-3H3,(H,8,10). The summed E-state index contributed by atoms with van der Waals surface area (Å²) in [5, 5.41) is 0. The molecule has 0 radical (unpaired) electrons. The Morgan fingerprint density at radius 1 is 1.43 bits per heavy atom. The number of amides is 1. The van der Waals surface area contributed by atoms with Crippen LogP contribution < -0.4 is 10.3 Å². The van der Waals surface area contributed by atoms with Crippen LogP contribution >= 0.6 is 0 Å². The molecule has 0 aromatic carbocycles. The van der Waals surface area contributed by atoms with E-state index in [1.54, 1.807) is 6.92 Å². The van der Waals surface area contributed by atoms with Crippen molar-refractivity contribution in [3.05, 3.63) is 0 Å². The molecule has 0 rings (SSSR count). The summed E-state index contributed by atoms with van der Waals surface area (Å²) in [5.74, 6) is -0.101. The highest BCUT2D eigenvalue weighted by molar-refractivity contribution is 7.89. The van der Waals surface area contributed by atoms with Crippen molar-refractivity contribution in [2.24, 2.45) is 0 Å². The fourth-order valence-corrected chi connectivity index (χ4v) is 0.870. The van der Waals surface area contributed by atoms with E-state index in [-0.39, 0.29) is 11.9 Å². The molecule has 0 aromatic heterocycles. The largest absolute Gasteiger partial charge is 0.446 e. The summed E-state index contributed by atoms with van der Waals surface area (Å²) in [7, 11) is -3.42. The zero-order valence-corrected chi connectivity index (χ0v) is 9.35. The molecule has 0 aliphatic carbocycles. The SMILES string of the molecule is CCC(C)OC(=O)NNS(=O)(=O)CC. The molecule has 0 spiro atoms. The zero-order valence-electron chi connectivity index (χ0n) is 8.53. The van der Waals surface area contributed by atoms with Gasteiger partial charge in [0, 0.05) is 0 Å². The van der Waals surface area contributed by atoms with Crippen molar-refractivity contribution < 1.29 is 17.9 Å². The number of hydrogen-bond acceptors (Lipinski definition) is 4. The Morgan fingerprint density at radius 3 is 2.43 bits per heavy atom. The summed E-state index contributed by atoms with van der Waals surface area (Å²) in [6.07, 6.45) is -0.356. The van der Waals surface area contributed by atoms with E-state index in [0.717, 1.165) is 0 Å². The van der Waals surface area contributed by atoms with Crippen LogP contribution in [0.2, 0.25) is 0 Å². The van der Waals surface area contributed by atoms with Gasteiger partial charge in [-0.05, 0) is 20.3 Å². The molecule has 0 saturated carbocycles. The number of carbonyl (C=O) groups is 1. The maximum absolute atomic E-state index is 10.9. The van der Waals surface area contributed by atoms with Crippen LogP contribution in [0, 0.1) is 0 Å². The molecule has 1 atom stereocenters. The highest BCUT2D eigenvalue weighted by Gasteiger charge is 2.10. The second kappa shape index (κ2) is 5.82. The maximum Gasteiger partial charge on any atom is 0.422 e. The smallest absolute Gasteiger partial charge is 0.422 e. The van der Waals surface area contributed by atoms with Crippen LogP contribution in [0.3, 0.4) is 0 Å². The van der Waals surface area contributed by atoms with Crippen LogP contribution in [0.25, 0.3) is 0 Å². The molecule has 1 amide bonds. The first-order chi connectivity index (χ1) is 6.41. The van der Waals surface area contributed by atoms with Gasteiger partial charge in [0.1, 0.15) is 6.10 Å². The second-order valence-electron chi connectivity index (χ2n) is 2.75. The van der Waals surface area contributed by atoms with Crippen molar-refractivity contribution in [2.75, 3.05) is 5.75 Å². The highest BCUT2D eigenvalue weighted by Crippen LogP contribution is 1.95. The van der Waals surface area contributed by atoms with Crippen LogP contribution in [-0.2, 0) is 14.8 Å². The molecule has 0 aliphatic rings. The zero-order chi connectivity index (χ0) is 11.2. The van der Waals surface area contributed by atoms with Crippen LogP contribution in [-0.4, -0.2) is 26.4 Å². The number of sulfonamides is 1. The monoisotopic (exact) mass is 224 g/mol. The number of carbonyl (C=O) groups excluding carboxylic acids is 1. The Bertz CT molecular complexity index is 275. The van der Waals surface area contributed by atoms with Gasteiger partial charge in [0.25, 0.3) is 0 Å². The second-order valence-corrected chi connectivity index (χ2v) is 4.77. The highest BCUT2D eigenvalue weighted by atomic mass is 32.2. The number of hydrogen-bond donors (Lipinski definition) is 2. The predicted octanol–water partition coefficient (Wildman–Crippen LogP) is 0.365. The van der Waals surface area contributed by atoms with Gasteiger partial charge >= 0.3 is 6.09 Å². The van der Waals surface area contributed by atoms with Crippen molar-refractivity contribution in [1.82, 2.24) is 10.3 Å². The summed E-state index contributed by atoms with van der Waals surface area (Å²) in [5.41, 5.74) is 1.94. The van der Waals surface area contributed by atoms with Crippen molar-refractivity contribution in [1.29, 1.82) is 0 Å². The molecule has 14 heavy (non-hydrogen) atoms. The number of rotatable bonds is 5. The Morgan fingerprint density at radius 2 is 2.00 bits per heavy atom. The Hall–Kier alpha value is -0.820. The molecular weight excluding hydrogens is 208 g/mol. The van der Waals surface area contributed by atoms with Crippen molar-refractivity contribution in [3.8, 4) is 0 Å². The van der Waals surface area contributed by atoms with Gasteiger partial charge in [-0.2, -0.15) is 0 Å². The third-order valence-electron chi connectivity index (χ3n) is 1.57. The molecular formula is C7H16N2O4S. The normalized spacial score (nSPS) is 13.4. The molecule has 0 bridgehead atoms. The Balaban J connectivity index is 3.86. The summed E-state index contributed by atoms with van der Waals surface area (Å²) in [6, 6.07) is 0. The first kappa shape index (κ1) is 13.2. The minimum Gasteiger partial charge on any atom is -0.446 e. The lowest BCUT2D eigenvalue weighted by Crippen LogP contribution is -2.43. The van der Waals surface area contributed by atoms with Crippen LogP contribution in [0.15, 0.2) is 0 Å². The number of ether oxygens (including phenoxy) is 1. The molecule has 0 fully saturated rings. The average molecular weight is 224 g/mol. The molecule has 0 aromatic rings.